The molecule has 4 atom stereocenters. The van der Waals surface area contributed by atoms with E-state index in [2.05, 4.69) is 4.90 Å². The normalized spacial score (nSPS) is 26.7. The van der Waals surface area contributed by atoms with E-state index in [9.17, 15) is 19.7 Å². The van der Waals surface area contributed by atoms with Gasteiger partial charge in [0.05, 0.1) is 18.0 Å². The molecule has 1 aromatic carbocycles. The van der Waals surface area contributed by atoms with Gasteiger partial charge in [-0.3, -0.25) is 19.7 Å². The largest absolute Gasteiger partial charge is 0.469 e. The van der Waals surface area contributed by atoms with Gasteiger partial charge in [-0.2, -0.15) is 0 Å². The molecule has 0 amide bonds. The summed E-state index contributed by atoms with van der Waals surface area (Å²) in [5, 5.41) is 11.2. The third-order valence-corrected chi connectivity index (χ3v) is 6.71. The Hall–Kier alpha value is -3.16. The van der Waals surface area contributed by atoms with E-state index in [4.69, 9.17) is 4.74 Å². The number of hydrogen-bond acceptors (Lipinski definition) is 6. The molecule has 1 fully saturated rings. The first-order chi connectivity index (χ1) is 14.0. The van der Waals surface area contributed by atoms with Gasteiger partial charge in [0, 0.05) is 54.6 Å². The number of nitrogens with zero attached hydrogens (tertiary/aromatic N) is 3. The quantitative estimate of drug-likeness (QED) is 0.439. The maximum Gasteiger partial charge on any atom is 0.311 e. The Bertz CT molecular complexity index is 1080. The van der Waals surface area contributed by atoms with Crippen LogP contribution in [0, 0.1) is 22.0 Å². The number of pyridine rings is 1. The average molecular weight is 395 g/mol. The Morgan fingerprint density at radius 3 is 2.83 bits per heavy atom. The van der Waals surface area contributed by atoms with Gasteiger partial charge in [-0.1, -0.05) is 6.07 Å². The highest BCUT2D eigenvalue weighted by Gasteiger charge is 2.49. The smallest absolute Gasteiger partial charge is 0.311 e. The fourth-order valence-corrected chi connectivity index (χ4v) is 5.58. The summed E-state index contributed by atoms with van der Waals surface area (Å²) in [6.45, 7) is 1.24. The molecule has 2 bridgehead atoms. The lowest BCUT2D eigenvalue weighted by Crippen LogP contribution is -2.60. The Kier molecular flexibility index (Phi) is 3.97. The number of piperidine rings is 1. The zero-order valence-corrected chi connectivity index (χ0v) is 16.0. The van der Waals surface area contributed by atoms with Crippen LogP contribution in [0.3, 0.4) is 0 Å². The number of benzene rings is 1. The van der Waals surface area contributed by atoms with Gasteiger partial charge in [-0.15, -0.1) is 0 Å². The van der Waals surface area contributed by atoms with Gasteiger partial charge >= 0.3 is 5.97 Å². The summed E-state index contributed by atoms with van der Waals surface area (Å²) in [6, 6.07) is 10.2. The van der Waals surface area contributed by atoms with Crippen molar-refractivity contribution in [2.75, 3.05) is 18.6 Å². The van der Waals surface area contributed by atoms with E-state index < -0.39 is 10.8 Å². The number of methoxy groups -OCH3 is 1. The summed E-state index contributed by atoms with van der Waals surface area (Å²) in [7, 11) is 1.38. The number of esters is 1. The SMILES string of the molecule is COC(=O)[C@@H]1Cc2cc([N+](=O)[O-])ccc2N2CC3C[C@H](Cn4c3cccc4=O)[C@@H]12. The average Bonchev–Trinajstić information content (AvgIpc) is 2.73. The van der Waals surface area contributed by atoms with Crippen molar-refractivity contribution in [1.82, 2.24) is 4.57 Å². The third kappa shape index (κ3) is 2.66. The molecule has 150 valence electrons. The lowest BCUT2D eigenvalue weighted by atomic mass is 9.70. The molecule has 1 unspecified atom stereocenters. The molecule has 1 saturated heterocycles. The van der Waals surface area contributed by atoms with E-state index in [1.165, 1.54) is 13.2 Å². The molecule has 3 aliphatic heterocycles. The van der Waals surface area contributed by atoms with E-state index in [1.807, 2.05) is 10.6 Å². The van der Waals surface area contributed by atoms with Gasteiger partial charge in [0.25, 0.3) is 11.2 Å². The molecule has 0 saturated carbocycles. The summed E-state index contributed by atoms with van der Waals surface area (Å²) in [6.07, 6.45) is 1.32. The monoisotopic (exact) mass is 395 g/mol. The molecule has 0 spiro atoms. The number of hydrogen-bond donors (Lipinski definition) is 0. The summed E-state index contributed by atoms with van der Waals surface area (Å²) in [5.74, 6) is -0.407. The van der Waals surface area contributed by atoms with E-state index in [0.717, 1.165) is 23.4 Å². The first-order valence-electron chi connectivity index (χ1n) is 9.79. The van der Waals surface area contributed by atoms with Crippen molar-refractivity contribution >= 4 is 17.3 Å². The third-order valence-electron chi connectivity index (χ3n) is 6.71. The molecule has 3 aliphatic rings. The van der Waals surface area contributed by atoms with Gasteiger partial charge in [0.2, 0.25) is 0 Å². The van der Waals surface area contributed by atoms with Crippen LogP contribution in [0.15, 0.2) is 41.2 Å². The van der Waals surface area contributed by atoms with E-state index in [-0.39, 0.29) is 35.1 Å². The lowest BCUT2D eigenvalue weighted by molar-refractivity contribution is -0.384. The van der Waals surface area contributed by atoms with Crippen LogP contribution in [0.4, 0.5) is 11.4 Å². The number of aromatic nitrogens is 1. The molecule has 0 radical (unpaired) electrons. The lowest BCUT2D eigenvalue weighted by Gasteiger charge is -2.53. The Balaban J connectivity index is 1.63. The van der Waals surface area contributed by atoms with Crippen LogP contribution >= 0.6 is 0 Å². The number of rotatable bonds is 2. The van der Waals surface area contributed by atoms with Crippen LogP contribution in [0.25, 0.3) is 0 Å². The van der Waals surface area contributed by atoms with Crippen LogP contribution in [0.2, 0.25) is 0 Å². The topological polar surface area (TPSA) is 94.7 Å². The van der Waals surface area contributed by atoms with Crippen LogP contribution in [0.5, 0.6) is 0 Å². The van der Waals surface area contributed by atoms with Crippen LogP contribution in [-0.4, -0.2) is 35.2 Å². The molecule has 0 aliphatic carbocycles. The summed E-state index contributed by atoms with van der Waals surface area (Å²) < 4.78 is 6.94. The minimum absolute atomic E-state index is 0.00731. The number of carbonyl (C=O) groups excluding carboxylic acids is 1. The summed E-state index contributed by atoms with van der Waals surface area (Å²) >= 11 is 0. The van der Waals surface area contributed by atoms with Crippen molar-refractivity contribution in [3.05, 3.63) is 68.1 Å². The molecule has 2 aromatic rings. The number of non-ortho nitro benzene ring substituents is 1. The predicted molar refractivity (Wildman–Crippen MR) is 105 cm³/mol. The highest BCUT2D eigenvalue weighted by molar-refractivity contribution is 5.77. The number of fused-ring (bicyclic) bond motifs is 8. The van der Waals surface area contributed by atoms with Crippen molar-refractivity contribution in [2.24, 2.45) is 11.8 Å². The van der Waals surface area contributed by atoms with Gasteiger partial charge < -0.3 is 14.2 Å². The maximum atomic E-state index is 12.7. The first kappa shape index (κ1) is 17.9. The molecule has 4 heterocycles. The zero-order valence-electron chi connectivity index (χ0n) is 16.0. The van der Waals surface area contributed by atoms with Gasteiger partial charge in [-0.25, -0.2) is 0 Å². The number of nitro groups is 1. The standard InChI is InChI=1S/C21H21N3O5/c1-29-21(26)16-9-12-8-15(24(27)28)5-6-18(12)23-10-13-7-14(20(16)23)11-22-17(13)3-2-4-19(22)25/h2-6,8,13-14,16,20H,7,9-11H2,1H3/t13?,14-,16-,20+/m1/s1. The summed E-state index contributed by atoms with van der Waals surface area (Å²) in [5.41, 5.74) is 2.79. The molecular weight excluding hydrogens is 374 g/mol. The van der Waals surface area contributed by atoms with Crippen molar-refractivity contribution in [1.29, 1.82) is 0 Å². The number of nitro benzene ring substituents is 1. The van der Waals surface area contributed by atoms with Crippen LogP contribution < -0.4 is 10.5 Å². The van der Waals surface area contributed by atoms with Gasteiger partial charge in [0.1, 0.15) is 0 Å². The molecule has 8 nitrogen and oxygen atoms in total. The molecule has 1 aromatic heterocycles. The van der Waals surface area contributed by atoms with Crippen molar-refractivity contribution in [2.45, 2.75) is 31.3 Å². The summed E-state index contributed by atoms with van der Waals surface area (Å²) in [4.78, 5) is 38.1. The van der Waals surface area contributed by atoms with Crippen LogP contribution in [-0.2, 0) is 22.5 Å². The van der Waals surface area contributed by atoms with Crippen LogP contribution in [0.1, 0.15) is 23.6 Å². The van der Waals surface area contributed by atoms with E-state index >= 15 is 0 Å². The minimum atomic E-state index is -0.415. The minimum Gasteiger partial charge on any atom is -0.469 e. The second-order valence-electron chi connectivity index (χ2n) is 8.14. The van der Waals surface area contributed by atoms with Gasteiger partial charge in [0.15, 0.2) is 0 Å². The highest BCUT2D eigenvalue weighted by atomic mass is 16.6. The second-order valence-corrected chi connectivity index (χ2v) is 8.14. The fraction of sp³-hybridized carbons (Fsp3) is 0.429. The Morgan fingerprint density at radius 1 is 1.24 bits per heavy atom. The number of anilines is 1. The highest BCUT2D eigenvalue weighted by Crippen LogP contribution is 2.47. The fourth-order valence-electron chi connectivity index (χ4n) is 5.58. The number of ether oxygens (including phenoxy) is 1. The van der Waals surface area contributed by atoms with Gasteiger partial charge in [-0.05, 0) is 36.5 Å². The first-order valence-corrected chi connectivity index (χ1v) is 9.79. The number of carbonyl (C=O) groups is 1. The zero-order chi connectivity index (χ0) is 20.3. The van der Waals surface area contributed by atoms with E-state index in [1.54, 1.807) is 24.3 Å². The van der Waals surface area contributed by atoms with Crippen molar-refractivity contribution in [3.8, 4) is 0 Å². The maximum absolute atomic E-state index is 12.7. The van der Waals surface area contributed by atoms with Crippen molar-refractivity contribution in [3.63, 3.8) is 0 Å². The van der Waals surface area contributed by atoms with Crippen molar-refractivity contribution < 1.29 is 14.5 Å². The predicted octanol–water partition coefficient (Wildman–Crippen LogP) is 2.09. The Morgan fingerprint density at radius 2 is 2.07 bits per heavy atom. The second kappa shape index (κ2) is 6.43. The molecular formula is C21H21N3O5. The Labute approximate surface area is 166 Å². The van der Waals surface area contributed by atoms with E-state index in [0.29, 0.717) is 19.5 Å². The molecule has 8 heteroatoms. The molecule has 0 N–H and O–H groups in total. The molecule has 5 rings (SSSR count). The molecule has 29 heavy (non-hydrogen) atoms.